The maximum atomic E-state index is 12.6. The van der Waals surface area contributed by atoms with Gasteiger partial charge in [0.15, 0.2) is 6.10 Å². The molecule has 6 nitrogen and oxygen atoms in total. The Bertz CT molecular complexity index is 811. The van der Waals surface area contributed by atoms with Gasteiger partial charge in [-0.1, -0.05) is 18.2 Å². The predicted molar refractivity (Wildman–Crippen MR) is 93.2 cm³/mol. The Hall–Kier alpha value is -2.63. The lowest BCUT2D eigenvalue weighted by Gasteiger charge is -2.31. The van der Waals surface area contributed by atoms with Crippen LogP contribution < -0.4 is 0 Å². The Morgan fingerprint density at radius 2 is 2.04 bits per heavy atom. The molecule has 1 aromatic heterocycles. The number of piperidine rings is 1. The van der Waals surface area contributed by atoms with Crippen LogP contribution in [-0.2, 0) is 14.3 Å². The number of esters is 1. The molecule has 0 saturated carbocycles. The SMILES string of the molecule is CC(=O)N1CCC[C@@H](C(=O)O[C@@H](C)C(=O)c2c[nH]c3ccccc23)C1. The summed E-state index contributed by atoms with van der Waals surface area (Å²) in [6.45, 7) is 4.12. The maximum absolute atomic E-state index is 12.6. The molecule has 1 saturated heterocycles. The number of para-hydroxylation sites is 1. The van der Waals surface area contributed by atoms with Crippen molar-refractivity contribution in [2.75, 3.05) is 13.1 Å². The molecule has 0 bridgehead atoms. The summed E-state index contributed by atoms with van der Waals surface area (Å²) in [5.41, 5.74) is 1.39. The normalized spacial score (nSPS) is 18.8. The Labute approximate surface area is 146 Å². The van der Waals surface area contributed by atoms with Crippen LogP contribution in [0.25, 0.3) is 10.9 Å². The third-order valence-electron chi connectivity index (χ3n) is 4.72. The lowest BCUT2D eigenvalue weighted by molar-refractivity contribution is -0.154. The van der Waals surface area contributed by atoms with Crippen molar-refractivity contribution in [3.8, 4) is 0 Å². The van der Waals surface area contributed by atoms with Gasteiger partial charge >= 0.3 is 5.97 Å². The number of hydrogen-bond acceptors (Lipinski definition) is 4. The molecule has 1 N–H and O–H groups in total. The van der Waals surface area contributed by atoms with Gasteiger partial charge in [-0.15, -0.1) is 0 Å². The highest BCUT2D eigenvalue weighted by Gasteiger charge is 2.31. The maximum Gasteiger partial charge on any atom is 0.311 e. The molecular weight excluding hydrogens is 320 g/mol. The molecule has 0 unspecified atom stereocenters. The number of ketones is 1. The lowest BCUT2D eigenvalue weighted by Crippen LogP contribution is -2.42. The fourth-order valence-electron chi connectivity index (χ4n) is 3.27. The van der Waals surface area contributed by atoms with Crippen LogP contribution in [0.5, 0.6) is 0 Å². The van der Waals surface area contributed by atoms with Crippen molar-refractivity contribution in [1.29, 1.82) is 0 Å². The molecular formula is C19H22N2O4. The van der Waals surface area contributed by atoms with Gasteiger partial charge in [-0.3, -0.25) is 14.4 Å². The minimum absolute atomic E-state index is 0.0413. The Kier molecular flexibility index (Phi) is 4.88. The second-order valence-corrected chi connectivity index (χ2v) is 6.50. The number of carbonyl (C=O) groups is 3. The predicted octanol–water partition coefficient (Wildman–Crippen LogP) is 2.54. The first-order valence-corrected chi connectivity index (χ1v) is 8.53. The minimum atomic E-state index is -0.862. The molecule has 2 atom stereocenters. The number of aromatic amines is 1. The van der Waals surface area contributed by atoms with Gasteiger partial charge in [0.2, 0.25) is 11.7 Å². The van der Waals surface area contributed by atoms with Crippen molar-refractivity contribution in [1.82, 2.24) is 9.88 Å². The first-order chi connectivity index (χ1) is 12.0. The Balaban J connectivity index is 1.67. The van der Waals surface area contributed by atoms with E-state index in [9.17, 15) is 14.4 Å². The van der Waals surface area contributed by atoms with Crippen LogP contribution in [0.3, 0.4) is 0 Å². The number of nitrogens with one attached hydrogen (secondary N) is 1. The minimum Gasteiger partial charge on any atom is -0.454 e. The monoisotopic (exact) mass is 342 g/mol. The zero-order chi connectivity index (χ0) is 18.0. The van der Waals surface area contributed by atoms with E-state index >= 15 is 0 Å². The molecule has 132 valence electrons. The number of benzene rings is 1. The molecule has 1 aliphatic heterocycles. The highest BCUT2D eigenvalue weighted by Crippen LogP contribution is 2.22. The van der Waals surface area contributed by atoms with E-state index in [0.717, 1.165) is 17.3 Å². The number of fused-ring (bicyclic) bond motifs is 1. The van der Waals surface area contributed by atoms with Crippen LogP contribution in [0, 0.1) is 5.92 Å². The van der Waals surface area contributed by atoms with Crippen molar-refractivity contribution in [3.63, 3.8) is 0 Å². The Morgan fingerprint density at radius 3 is 2.80 bits per heavy atom. The average molecular weight is 342 g/mol. The second-order valence-electron chi connectivity index (χ2n) is 6.50. The van der Waals surface area contributed by atoms with Gasteiger partial charge in [0, 0.05) is 42.7 Å². The van der Waals surface area contributed by atoms with Gasteiger partial charge in [0.05, 0.1) is 5.92 Å². The molecule has 25 heavy (non-hydrogen) atoms. The summed E-state index contributed by atoms with van der Waals surface area (Å²) >= 11 is 0. The van der Waals surface area contributed by atoms with Gasteiger partial charge in [-0.25, -0.2) is 0 Å². The number of aromatic nitrogens is 1. The molecule has 1 aromatic carbocycles. The molecule has 2 aromatic rings. The number of hydrogen-bond donors (Lipinski definition) is 1. The molecule has 0 radical (unpaired) electrons. The van der Waals surface area contributed by atoms with Crippen molar-refractivity contribution < 1.29 is 19.1 Å². The van der Waals surface area contributed by atoms with Gasteiger partial charge in [0.1, 0.15) is 0 Å². The van der Waals surface area contributed by atoms with E-state index in [1.54, 1.807) is 18.0 Å². The average Bonchev–Trinajstić information content (AvgIpc) is 3.05. The van der Waals surface area contributed by atoms with Crippen LogP contribution >= 0.6 is 0 Å². The quantitative estimate of drug-likeness (QED) is 0.684. The third-order valence-corrected chi connectivity index (χ3v) is 4.72. The molecule has 1 fully saturated rings. The highest BCUT2D eigenvalue weighted by molar-refractivity contribution is 6.10. The number of ether oxygens (including phenoxy) is 1. The van der Waals surface area contributed by atoms with E-state index in [4.69, 9.17) is 4.74 Å². The summed E-state index contributed by atoms with van der Waals surface area (Å²) in [6, 6.07) is 7.50. The van der Waals surface area contributed by atoms with Gasteiger partial charge in [0.25, 0.3) is 0 Å². The first-order valence-electron chi connectivity index (χ1n) is 8.53. The molecule has 0 spiro atoms. The van der Waals surface area contributed by atoms with Crippen LogP contribution in [0.15, 0.2) is 30.5 Å². The number of H-pyrrole nitrogens is 1. The van der Waals surface area contributed by atoms with E-state index in [1.165, 1.54) is 6.92 Å². The fourth-order valence-corrected chi connectivity index (χ4v) is 3.27. The molecule has 1 aliphatic rings. The number of Topliss-reactive ketones (excluding diaryl/α,β-unsaturated/α-hetero) is 1. The smallest absolute Gasteiger partial charge is 0.311 e. The highest BCUT2D eigenvalue weighted by atomic mass is 16.5. The summed E-state index contributed by atoms with van der Waals surface area (Å²) in [7, 11) is 0. The number of likely N-dealkylation sites (tertiary alicyclic amines) is 1. The number of nitrogens with zero attached hydrogens (tertiary/aromatic N) is 1. The van der Waals surface area contributed by atoms with E-state index in [1.807, 2.05) is 24.3 Å². The van der Waals surface area contributed by atoms with E-state index < -0.39 is 12.1 Å². The largest absolute Gasteiger partial charge is 0.454 e. The zero-order valence-corrected chi connectivity index (χ0v) is 14.5. The van der Waals surface area contributed by atoms with Crippen molar-refractivity contribution in [2.24, 2.45) is 5.92 Å². The molecule has 0 aliphatic carbocycles. The molecule has 6 heteroatoms. The van der Waals surface area contributed by atoms with Gasteiger partial charge < -0.3 is 14.6 Å². The zero-order valence-electron chi connectivity index (χ0n) is 14.5. The van der Waals surface area contributed by atoms with Gasteiger partial charge in [-0.2, -0.15) is 0 Å². The fraction of sp³-hybridized carbons (Fsp3) is 0.421. The number of amides is 1. The van der Waals surface area contributed by atoms with Crippen molar-refractivity contribution >= 4 is 28.6 Å². The third kappa shape index (κ3) is 3.57. The summed E-state index contributed by atoms with van der Waals surface area (Å²) in [4.78, 5) is 41.2. The van der Waals surface area contributed by atoms with Crippen LogP contribution in [-0.4, -0.2) is 46.7 Å². The summed E-state index contributed by atoms with van der Waals surface area (Å²) in [5, 5.41) is 0.816. The Morgan fingerprint density at radius 1 is 1.28 bits per heavy atom. The van der Waals surface area contributed by atoms with Crippen LogP contribution in [0.1, 0.15) is 37.0 Å². The summed E-state index contributed by atoms with van der Waals surface area (Å²) < 4.78 is 5.41. The number of carbonyl (C=O) groups excluding carboxylic acids is 3. The van der Waals surface area contributed by atoms with E-state index in [2.05, 4.69) is 4.98 Å². The van der Waals surface area contributed by atoms with Gasteiger partial charge in [-0.05, 0) is 25.8 Å². The molecule has 3 rings (SSSR count). The molecule has 2 heterocycles. The van der Waals surface area contributed by atoms with E-state index in [0.29, 0.717) is 25.1 Å². The van der Waals surface area contributed by atoms with Crippen LogP contribution in [0.2, 0.25) is 0 Å². The van der Waals surface area contributed by atoms with E-state index in [-0.39, 0.29) is 17.6 Å². The van der Waals surface area contributed by atoms with Crippen molar-refractivity contribution in [3.05, 3.63) is 36.0 Å². The first kappa shape index (κ1) is 17.2. The summed E-state index contributed by atoms with van der Waals surface area (Å²) in [6.07, 6.45) is 2.23. The topological polar surface area (TPSA) is 79.5 Å². The molecule has 1 amide bonds. The van der Waals surface area contributed by atoms with Crippen LogP contribution in [0.4, 0.5) is 0 Å². The number of rotatable bonds is 4. The lowest BCUT2D eigenvalue weighted by atomic mass is 9.98. The standard InChI is InChI=1S/C19H22N2O4/c1-12(18(23)16-10-20-17-8-4-3-7-15(16)17)25-19(24)14-6-5-9-21(11-14)13(2)22/h3-4,7-8,10,12,14,20H,5-6,9,11H2,1-2H3/t12-,14+/m0/s1. The second kappa shape index (κ2) is 7.09. The van der Waals surface area contributed by atoms with Crippen molar-refractivity contribution in [2.45, 2.75) is 32.8 Å². The summed E-state index contributed by atoms with van der Waals surface area (Å²) in [5.74, 6) is -1.05.